The summed E-state index contributed by atoms with van der Waals surface area (Å²) < 4.78 is 1.80. The molecule has 98 valence electrons. The second kappa shape index (κ2) is 7.35. The van der Waals surface area contributed by atoms with E-state index in [2.05, 4.69) is 19.2 Å². The van der Waals surface area contributed by atoms with E-state index >= 15 is 0 Å². The molecule has 1 aromatic heterocycles. The third-order valence-corrected chi connectivity index (χ3v) is 2.55. The Morgan fingerprint density at radius 3 is 2.59 bits per heavy atom. The third-order valence-electron chi connectivity index (χ3n) is 2.55. The van der Waals surface area contributed by atoms with E-state index in [9.17, 15) is 4.79 Å². The number of carbonyl (C=O) groups is 1. The Bertz CT molecular complexity index is 349. The molecule has 0 aliphatic heterocycles. The van der Waals surface area contributed by atoms with Crippen LogP contribution in [0.25, 0.3) is 0 Å². The van der Waals surface area contributed by atoms with Gasteiger partial charge in [0.2, 0.25) is 0 Å². The molecule has 0 aromatic carbocycles. The van der Waals surface area contributed by atoms with Gasteiger partial charge in [-0.25, -0.2) is 0 Å². The number of hydrogen-bond acceptors (Lipinski definition) is 2. The first kappa shape index (κ1) is 16.0. The number of rotatable bonds is 5. The van der Waals surface area contributed by atoms with Crippen LogP contribution in [0.5, 0.6) is 0 Å². The number of halogens is 1. The molecule has 0 spiro atoms. The van der Waals surface area contributed by atoms with Crippen molar-refractivity contribution >= 4 is 18.3 Å². The molecule has 1 atom stereocenters. The van der Waals surface area contributed by atoms with Crippen molar-refractivity contribution in [2.75, 3.05) is 6.54 Å². The molecule has 1 rings (SSSR count). The minimum atomic E-state index is -0.0522. The molecule has 1 unspecified atom stereocenters. The zero-order chi connectivity index (χ0) is 12.1. The number of nitrogens with two attached hydrogens (primary N) is 1. The maximum Gasteiger partial charge on any atom is 0.268 e. The van der Waals surface area contributed by atoms with Crippen molar-refractivity contribution in [2.45, 2.75) is 26.3 Å². The van der Waals surface area contributed by atoms with Gasteiger partial charge in [-0.05, 0) is 24.5 Å². The Balaban J connectivity index is 0.00000256. The normalized spacial score (nSPS) is 12.1. The first-order chi connectivity index (χ1) is 7.54. The van der Waals surface area contributed by atoms with Crippen molar-refractivity contribution in [1.82, 2.24) is 9.88 Å². The standard InChI is InChI=1S/C12H21N3O.ClH/c1-9(2)7-10(8-13)14-12(16)11-5-4-6-15(11)3;/h4-6,9-10H,7-8,13H2,1-3H3,(H,14,16);1H. The molecule has 1 amide bonds. The molecule has 4 nitrogen and oxygen atoms in total. The molecule has 0 aliphatic carbocycles. The van der Waals surface area contributed by atoms with Crippen LogP contribution in [0.2, 0.25) is 0 Å². The van der Waals surface area contributed by atoms with Crippen LogP contribution >= 0.6 is 12.4 Å². The smallest absolute Gasteiger partial charge is 0.268 e. The van der Waals surface area contributed by atoms with E-state index in [1.165, 1.54) is 0 Å². The van der Waals surface area contributed by atoms with Gasteiger partial charge in [-0.1, -0.05) is 13.8 Å². The summed E-state index contributed by atoms with van der Waals surface area (Å²) in [6, 6.07) is 3.72. The third kappa shape index (κ3) is 4.79. The fourth-order valence-corrected chi connectivity index (χ4v) is 1.74. The van der Waals surface area contributed by atoms with Crippen LogP contribution in [-0.2, 0) is 7.05 Å². The number of aromatic nitrogens is 1. The summed E-state index contributed by atoms with van der Waals surface area (Å²) in [5, 5.41) is 2.96. The van der Waals surface area contributed by atoms with E-state index in [1.54, 1.807) is 10.6 Å². The summed E-state index contributed by atoms with van der Waals surface area (Å²) in [6.07, 6.45) is 2.77. The van der Waals surface area contributed by atoms with E-state index in [0.29, 0.717) is 18.2 Å². The molecule has 0 saturated heterocycles. The first-order valence-corrected chi connectivity index (χ1v) is 5.66. The molecule has 0 saturated carbocycles. The van der Waals surface area contributed by atoms with E-state index in [-0.39, 0.29) is 24.4 Å². The molecule has 3 N–H and O–H groups in total. The van der Waals surface area contributed by atoms with Crippen LogP contribution in [0.4, 0.5) is 0 Å². The van der Waals surface area contributed by atoms with Crippen molar-refractivity contribution in [3.05, 3.63) is 24.0 Å². The van der Waals surface area contributed by atoms with Crippen molar-refractivity contribution < 1.29 is 4.79 Å². The number of aryl methyl sites for hydroxylation is 1. The van der Waals surface area contributed by atoms with Gasteiger partial charge in [-0.3, -0.25) is 4.79 Å². The Labute approximate surface area is 109 Å². The predicted octanol–water partition coefficient (Wildman–Crippen LogP) is 1.55. The van der Waals surface area contributed by atoms with E-state index < -0.39 is 0 Å². The second-order valence-electron chi connectivity index (χ2n) is 4.54. The summed E-state index contributed by atoms with van der Waals surface area (Å²) in [4.78, 5) is 11.9. The first-order valence-electron chi connectivity index (χ1n) is 5.66. The molecular formula is C12H22ClN3O. The minimum absolute atomic E-state index is 0. The molecule has 0 aliphatic rings. The highest BCUT2D eigenvalue weighted by Crippen LogP contribution is 2.05. The Hall–Kier alpha value is -1.00. The summed E-state index contributed by atoms with van der Waals surface area (Å²) in [5.74, 6) is 0.478. The molecule has 1 heterocycles. The lowest BCUT2D eigenvalue weighted by atomic mass is 10.0. The lowest BCUT2D eigenvalue weighted by molar-refractivity contribution is 0.0925. The molecule has 5 heteroatoms. The number of carbonyl (C=O) groups excluding carboxylic acids is 1. The molecule has 17 heavy (non-hydrogen) atoms. The monoisotopic (exact) mass is 259 g/mol. The van der Waals surface area contributed by atoms with E-state index in [4.69, 9.17) is 5.73 Å². The molecular weight excluding hydrogens is 238 g/mol. The van der Waals surface area contributed by atoms with Crippen molar-refractivity contribution in [3.63, 3.8) is 0 Å². The van der Waals surface area contributed by atoms with Crippen LogP contribution in [0.15, 0.2) is 18.3 Å². The van der Waals surface area contributed by atoms with Gasteiger partial charge in [0.15, 0.2) is 0 Å². The second-order valence-corrected chi connectivity index (χ2v) is 4.54. The topological polar surface area (TPSA) is 60.0 Å². The van der Waals surface area contributed by atoms with Gasteiger partial charge in [-0.15, -0.1) is 12.4 Å². The van der Waals surface area contributed by atoms with Crippen LogP contribution in [0, 0.1) is 5.92 Å². The molecule has 0 fully saturated rings. The van der Waals surface area contributed by atoms with Gasteiger partial charge in [-0.2, -0.15) is 0 Å². The van der Waals surface area contributed by atoms with Crippen LogP contribution in [0.3, 0.4) is 0 Å². The largest absolute Gasteiger partial charge is 0.347 e. The fourth-order valence-electron chi connectivity index (χ4n) is 1.74. The highest BCUT2D eigenvalue weighted by atomic mass is 35.5. The lowest BCUT2D eigenvalue weighted by Gasteiger charge is -2.18. The summed E-state index contributed by atoms with van der Waals surface area (Å²) in [6.45, 7) is 4.73. The zero-order valence-corrected chi connectivity index (χ0v) is 11.5. The fraction of sp³-hybridized carbons (Fsp3) is 0.583. The van der Waals surface area contributed by atoms with E-state index in [0.717, 1.165) is 6.42 Å². The van der Waals surface area contributed by atoms with Crippen molar-refractivity contribution in [2.24, 2.45) is 18.7 Å². The molecule has 1 aromatic rings. The molecule has 0 bridgehead atoms. The quantitative estimate of drug-likeness (QED) is 0.843. The van der Waals surface area contributed by atoms with Gasteiger partial charge in [0, 0.05) is 25.8 Å². The number of amides is 1. The predicted molar refractivity (Wildman–Crippen MR) is 72.4 cm³/mol. The number of nitrogens with one attached hydrogen (secondary N) is 1. The van der Waals surface area contributed by atoms with Crippen LogP contribution < -0.4 is 11.1 Å². The Kier molecular flexibility index (Phi) is 6.92. The van der Waals surface area contributed by atoms with Gasteiger partial charge in [0.05, 0.1) is 0 Å². The average molecular weight is 260 g/mol. The van der Waals surface area contributed by atoms with E-state index in [1.807, 2.05) is 19.3 Å². The summed E-state index contributed by atoms with van der Waals surface area (Å²) in [7, 11) is 1.86. The van der Waals surface area contributed by atoms with Gasteiger partial charge in [0.25, 0.3) is 5.91 Å². The Morgan fingerprint density at radius 1 is 1.53 bits per heavy atom. The number of nitrogens with zero attached hydrogens (tertiary/aromatic N) is 1. The van der Waals surface area contributed by atoms with Gasteiger partial charge < -0.3 is 15.6 Å². The van der Waals surface area contributed by atoms with Crippen LogP contribution in [0.1, 0.15) is 30.8 Å². The minimum Gasteiger partial charge on any atom is -0.347 e. The highest BCUT2D eigenvalue weighted by molar-refractivity contribution is 5.92. The summed E-state index contributed by atoms with van der Waals surface area (Å²) >= 11 is 0. The average Bonchev–Trinajstić information content (AvgIpc) is 2.62. The van der Waals surface area contributed by atoms with Crippen molar-refractivity contribution in [3.8, 4) is 0 Å². The maximum atomic E-state index is 11.9. The highest BCUT2D eigenvalue weighted by Gasteiger charge is 2.15. The van der Waals surface area contributed by atoms with Crippen LogP contribution in [-0.4, -0.2) is 23.1 Å². The van der Waals surface area contributed by atoms with Gasteiger partial charge in [0.1, 0.15) is 5.69 Å². The van der Waals surface area contributed by atoms with Gasteiger partial charge >= 0.3 is 0 Å². The number of hydrogen-bond donors (Lipinski definition) is 2. The SMILES string of the molecule is CC(C)CC(CN)NC(=O)c1cccn1C.Cl. The zero-order valence-electron chi connectivity index (χ0n) is 10.6. The lowest BCUT2D eigenvalue weighted by Crippen LogP contribution is -2.41. The maximum absolute atomic E-state index is 11.9. The summed E-state index contributed by atoms with van der Waals surface area (Å²) in [5.41, 5.74) is 6.31. The van der Waals surface area contributed by atoms with Crippen molar-refractivity contribution in [1.29, 1.82) is 0 Å². The Morgan fingerprint density at radius 2 is 2.18 bits per heavy atom. The molecule has 0 radical (unpaired) electrons.